The van der Waals surface area contributed by atoms with Crippen LogP contribution in [-0.4, -0.2) is 59.8 Å². The van der Waals surface area contributed by atoms with Crippen LogP contribution < -0.4 is 0 Å². The topological polar surface area (TPSA) is 26.7 Å². The van der Waals surface area contributed by atoms with E-state index in [-0.39, 0.29) is 12.6 Å². The Balaban J connectivity index is 1.75. The molecule has 2 aliphatic rings. The Morgan fingerprint density at radius 1 is 1.08 bits per heavy atom. The Morgan fingerprint density at radius 2 is 1.85 bits per heavy atom. The Bertz CT molecular complexity index is 615. The first-order valence-corrected chi connectivity index (χ1v) is 10.5. The van der Waals surface area contributed by atoms with Crippen LogP contribution in [0.1, 0.15) is 63.0 Å². The fourth-order valence-electron chi connectivity index (χ4n) is 4.61. The molecule has 26 heavy (non-hydrogen) atoms. The summed E-state index contributed by atoms with van der Waals surface area (Å²) in [5, 5.41) is 10.0. The zero-order chi connectivity index (χ0) is 18.4. The molecule has 3 atom stereocenters. The first-order chi connectivity index (χ1) is 12.8. The quantitative estimate of drug-likeness (QED) is 0.820. The smallest absolute Gasteiger partial charge is 0.0593 e. The molecule has 0 bridgehead atoms. The number of benzene rings is 1. The van der Waals surface area contributed by atoms with Crippen molar-refractivity contribution in [3.8, 4) is 11.8 Å². The molecule has 1 aromatic rings. The lowest BCUT2D eigenvalue weighted by Gasteiger charge is -2.57. The molecule has 2 saturated heterocycles. The van der Waals surface area contributed by atoms with E-state index in [1.807, 2.05) is 0 Å². The van der Waals surface area contributed by atoms with E-state index in [1.165, 1.54) is 37.9 Å². The molecule has 2 aliphatic heterocycles. The maximum Gasteiger partial charge on any atom is 0.0593 e. The minimum absolute atomic E-state index is 0.257. The third-order valence-corrected chi connectivity index (χ3v) is 5.90. The van der Waals surface area contributed by atoms with Gasteiger partial charge in [0.1, 0.15) is 0 Å². The average Bonchev–Trinajstić information content (AvgIpc) is 2.64. The zero-order valence-corrected chi connectivity index (χ0v) is 16.5. The van der Waals surface area contributed by atoms with Gasteiger partial charge in [-0.2, -0.15) is 0 Å². The highest BCUT2D eigenvalue weighted by atomic mass is 16.3. The number of fused-ring (bicyclic) bond motifs is 1. The lowest BCUT2D eigenvalue weighted by molar-refractivity contribution is -0.0644. The Hall–Kier alpha value is -1.34. The fourth-order valence-corrected chi connectivity index (χ4v) is 4.61. The fraction of sp³-hybridized carbons (Fsp3) is 0.652. The van der Waals surface area contributed by atoms with E-state index >= 15 is 0 Å². The van der Waals surface area contributed by atoms with Gasteiger partial charge in [-0.3, -0.25) is 4.90 Å². The summed E-state index contributed by atoms with van der Waals surface area (Å²) in [6, 6.07) is 9.60. The second-order valence-corrected chi connectivity index (χ2v) is 7.76. The Labute approximate surface area is 159 Å². The molecule has 0 unspecified atom stereocenters. The van der Waals surface area contributed by atoms with Crippen molar-refractivity contribution in [1.82, 2.24) is 9.80 Å². The van der Waals surface area contributed by atoms with Crippen LogP contribution in [0.2, 0.25) is 0 Å². The summed E-state index contributed by atoms with van der Waals surface area (Å²) in [4.78, 5) is 5.18. The van der Waals surface area contributed by atoms with Gasteiger partial charge in [-0.15, -0.1) is 0 Å². The zero-order valence-electron chi connectivity index (χ0n) is 16.5. The van der Waals surface area contributed by atoms with Crippen LogP contribution in [-0.2, 0) is 0 Å². The molecule has 2 fully saturated rings. The molecule has 0 spiro atoms. The SMILES string of the molecule is CCCC#Cc1ccc([C@@H]2[C@@H](CO)N3CCCCN(CCC)C[C@@H]23)cc1. The van der Waals surface area contributed by atoms with Crippen LogP contribution in [0.15, 0.2) is 24.3 Å². The highest BCUT2D eigenvalue weighted by molar-refractivity contribution is 5.39. The van der Waals surface area contributed by atoms with E-state index in [0.717, 1.165) is 31.5 Å². The van der Waals surface area contributed by atoms with Gasteiger partial charge in [0, 0.05) is 36.5 Å². The lowest BCUT2D eigenvalue weighted by Crippen LogP contribution is -2.67. The van der Waals surface area contributed by atoms with Crippen molar-refractivity contribution in [2.24, 2.45) is 0 Å². The number of nitrogens with zero attached hydrogens (tertiary/aromatic N) is 2. The summed E-state index contributed by atoms with van der Waals surface area (Å²) in [5.41, 5.74) is 2.47. The van der Waals surface area contributed by atoms with Gasteiger partial charge in [0.25, 0.3) is 0 Å². The first kappa shape index (κ1) is 19.4. The number of rotatable bonds is 5. The van der Waals surface area contributed by atoms with Gasteiger partial charge in [0.15, 0.2) is 0 Å². The van der Waals surface area contributed by atoms with Crippen LogP contribution in [0.4, 0.5) is 0 Å². The van der Waals surface area contributed by atoms with E-state index in [1.54, 1.807) is 0 Å². The Morgan fingerprint density at radius 3 is 2.54 bits per heavy atom. The van der Waals surface area contributed by atoms with Gasteiger partial charge in [0.2, 0.25) is 0 Å². The van der Waals surface area contributed by atoms with E-state index in [0.29, 0.717) is 12.0 Å². The summed E-state index contributed by atoms with van der Waals surface area (Å²) < 4.78 is 0. The molecule has 3 heteroatoms. The van der Waals surface area contributed by atoms with Gasteiger partial charge in [-0.1, -0.05) is 37.8 Å². The standard InChI is InChI=1S/C23H34N2O/c1-3-5-6-9-19-10-12-20(13-11-19)23-21-17-24(14-4-2)15-7-8-16-25(21)22(23)18-26/h10-13,21-23,26H,3-5,7-8,14-18H2,1-2H3/t21-,22+,23-/m0/s1. The van der Waals surface area contributed by atoms with Crippen molar-refractivity contribution >= 4 is 0 Å². The molecule has 1 N–H and O–H groups in total. The molecular formula is C23H34N2O. The molecule has 3 nitrogen and oxygen atoms in total. The van der Waals surface area contributed by atoms with Crippen molar-refractivity contribution in [2.45, 2.75) is 64.0 Å². The van der Waals surface area contributed by atoms with Gasteiger partial charge in [0.05, 0.1) is 6.61 Å². The monoisotopic (exact) mass is 354 g/mol. The minimum Gasteiger partial charge on any atom is -0.395 e. The summed E-state index contributed by atoms with van der Waals surface area (Å²) >= 11 is 0. The lowest BCUT2D eigenvalue weighted by atomic mass is 9.74. The molecule has 0 amide bonds. The summed E-state index contributed by atoms with van der Waals surface area (Å²) in [6.07, 6.45) is 5.80. The third-order valence-electron chi connectivity index (χ3n) is 5.90. The van der Waals surface area contributed by atoms with Crippen molar-refractivity contribution < 1.29 is 5.11 Å². The summed E-state index contributed by atoms with van der Waals surface area (Å²) in [6.45, 7) is 9.36. The first-order valence-electron chi connectivity index (χ1n) is 10.5. The number of hydrogen-bond acceptors (Lipinski definition) is 3. The number of hydrogen-bond donors (Lipinski definition) is 1. The van der Waals surface area contributed by atoms with Crippen molar-refractivity contribution in [2.75, 3.05) is 32.8 Å². The van der Waals surface area contributed by atoms with Gasteiger partial charge >= 0.3 is 0 Å². The maximum absolute atomic E-state index is 10.0. The molecular weight excluding hydrogens is 320 g/mol. The van der Waals surface area contributed by atoms with Crippen molar-refractivity contribution in [3.05, 3.63) is 35.4 Å². The largest absolute Gasteiger partial charge is 0.395 e. The van der Waals surface area contributed by atoms with E-state index in [2.05, 4.69) is 59.8 Å². The number of aliphatic hydroxyl groups is 1. The van der Waals surface area contributed by atoms with Crippen LogP contribution in [0, 0.1) is 11.8 Å². The second-order valence-electron chi connectivity index (χ2n) is 7.76. The molecule has 0 aliphatic carbocycles. The molecule has 0 aromatic heterocycles. The van der Waals surface area contributed by atoms with Crippen LogP contribution in [0.5, 0.6) is 0 Å². The summed E-state index contributed by atoms with van der Waals surface area (Å²) in [7, 11) is 0. The van der Waals surface area contributed by atoms with Gasteiger partial charge in [-0.05, 0) is 63.0 Å². The molecule has 142 valence electrons. The van der Waals surface area contributed by atoms with E-state index < -0.39 is 0 Å². The normalized spacial score (nSPS) is 26.8. The van der Waals surface area contributed by atoms with Crippen LogP contribution in [0.25, 0.3) is 0 Å². The molecule has 3 rings (SSSR count). The maximum atomic E-state index is 10.0. The highest BCUT2D eigenvalue weighted by Gasteiger charge is 2.48. The minimum atomic E-state index is 0.257. The Kier molecular flexibility index (Phi) is 7.14. The predicted molar refractivity (Wildman–Crippen MR) is 108 cm³/mol. The third kappa shape index (κ3) is 4.31. The number of unbranched alkanes of at least 4 members (excludes halogenated alkanes) is 1. The summed E-state index contributed by atoms with van der Waals surface area (Å²) in [5.74, 6) is 6.92. The molecule has 0 saturated carbocycles. The van der Waals surface area contributed by atoms with E-state index in [4.69, 9.17) is 0 Å². The van der Waals surface area contributed by atoms with Gasteiger partial charge < -0.3 is 10.0 Å². The van der Waals surface area contributed by atoms with Crippen molar-refractivity contribution in [3.63, 3.8) is 0 Å². The molecule has 1 aromatic carbocycles. The predicted octanol–water partition coefficient (Wildman–Crippen LogP) is 3.47. The molecule has 2 heterocycles. The van der Waals surface area contributed by atoms with Crippen LogP contribution >= 0.6 is 0 Å². The average molecular weight is 355 g/mol. The van der Waals surface area contributed by atoms with Crippen LogP contribution in [0.3, 0.4) is 0 Å². The highest BCUT2D eigenvalue weighted by Crippen LogP contribution is 2.41. The van der Waals surface area contributed by atoms with Crippen molar-refractivity contribution in [1.29, 1.82) is 0 Å². The second kappa shape index (κ2) is 9.55. The van der Waals surface area contributed by atoms with E-state index in [9.17, 15) is 5.11 Å². The van der Waals surface area contributed by atoms with Gasteiger partial charge in [-0.25, -0.2) is 0 Å². The number of aliphatic hydroxyl groups excluding tert-OH is 1. The molecule has 0 radical (unpaired) electrons.